The molecule has 38 heavy (non-hydrogen) atoms. The zero-order valence-electron chi connectivity index (χ0n) is 21.8. The fourth-order valence-corrected chi connectivity index (χ4v) is 6.61. The SMILES string of the molecule is COc1ccc(S(=O)(=O)N(CC2CCCC2)C[C@@H](O)[C@H](Cc2ccccc2)NC(=O)O[C@@H]2CCOC2)cc1. The summed E-state index contributed by atoms with van der Waals surface area (Å²) in [6.07, 6.45) is 2.82. The van der Waals surface area contributed by atoms with Crippen LogP contribution in [0, 0.1) is 5.92 Å². The predicted molar refractivity (Wildman–Crippen MR) is 142 cm³/mol. The van der Waals surface area contributed by atoms with Crippen molar-refractivity contribution >= 4 is 16.1 Å². The third-order valence-corrected chi connectivity index (χ3v) is 9.10. The maximum atomic E-state index is 13.7. The highest BCUT2D eigenvalue weighted by Crippen LogP contribution is 2.29. The Labute approximate surface area is 225 Å². The van der Waals surface area contributed by atoms with Crippen molar-refractivity contribution in [2.24, 2.45) is 5.92 Å². The van der Waals surface area contributed by atoms with Crippen LogP contribution in [0.1, 0.15) is 37.7 Å². The first-order valence-electron chi connectivity index (χ1n) is 13.3. The second-order valence-corrected chi connectivity index (χ2v) is 12.0. The van der Waals surface area contributed by atoms with E-state index >= 15 is 0 Å². The molecule has 208 valence electrons. The van der Waals surface area contributed by atoms with Gasteiger partial charge in [0.05, 0.1) is 37.4 Å². The van der Waals surface area contributed by atoms with Crippen molar-refractivity contribution in [1.29, 1.82) is 0 Å². The Hall–Kier alpha value is -2.66. The lowest BCUT2D eigenvalue weighted by Gasteiger charge is -2.31. The summed E-state index contributed by atoms with van der Waals surface area (Å²) in [6, 6.07) is 15.0. The zero-order valence-corrected chi connectivity index (χ0v) is 22.6. The summed E-state index contributed by atoms with van der Waals surface area (Å²) in [5.41, 5.74) is 0.904. The van der Waals surface area contributed by atoms with Gasteiger partial charge in [-0.1, -0.05) is 43.2 Å². The number of amides is 1. The fourth-order valence-electron chi connectivity index (χ4n) is 5.08. The third-order valence-electron chi connectivity index (χ3n) is 7.25. The van der Waals surface area contributed by atoms with Gasteiger partial charge < -0.3 is 24.6 Å². The Bertz CT molecular complexity index is 1120. The van der Waals surface area contributed by atoms with Gasteiger partial charge in [-0.3, -0.25) is 0 Å². The standard InChI is InChI=1S/C28H38N2O7S/c1-35-23-11-13-25(14-12-23)38(33,34)30(18-22-9-5-6-10-22)19-27(31)26(17-21-7-3-2-4-8-21)29-28(32)37-24-15-16-36-20-24/h2-4,7-8,11-14,22,24,26-27,31H,5-6,9-10,15-20H2,1H3,(H,29,32)/t24-,26+,27-/m1/s1. The quantitative estimate of drug-likeness (QED) is 0.420. The van der Waals surface area contributed by atoms with Gasteiger partial charge in [0.25, 0.3) is 0 Å². The molecule has 2 aliphatic rings. The monoisotopic (exact) mass is 546 g/mol. The van der Waals surface area contributed by atoms with Gasteiger partial charge in [0, 0.05) is 19.5 Å². The van der Waals surface area contributed by atoms with Crippen molar-refractivity contribution in [2.75, 3.05) is 33.4 Å². The fraction of sp³-hybridized carbons (Fsp3) is 0.536. The normalized spacial score (nSPS) is 19.8. The van der Waals surface area contributed by atoms with Crippen molar-refractivity contribution in [3.05, 3.63) is 60.2 Å². The maximum Gasteiger partial charge on any atom is 0.407 e. The van der Waals surface area contributed by atoms with Gasteiger partial charge in [-0.2, -0.15) is 4.31 Å². The van der Waals surface area contributed by atoms with E-state index in [-0.39, 0.29) is 23.5 Å². The number of aliphatic hydroxyl groups excluding tert-OH is 1. The van der Waals surface area contributed by atoms with Crippen LogP contribution in [0.15, 0.2) is 59.5 Å². The van der Waals surface area contributed by atoms with E-state index < -0.39 is 28.3 Å². The molecule has 1 aliphatic carbocycles. The first-order chi connectivity index (χ1) is 18.3. The van der Waals surface area contributed by atoms with Gasteiger partial charge in [0.15, 0.2) is 0 Å². The highest BCUT2D eigenvalue weighted by atomic mass is 32.2. The molecule has 1 saturated heterocycles. The molecule has 3 atom stereocenters. The Morgan fingerprint density at radius 2 is 1.82 bits per heavy atom. The Morgan fingerprint density at radius 3 is 2.45 bits per heavy atom. The average Bonchev–Trinajstić information content (AvgIpc) is 3.63. The second kappa shape index (κ2) is 13.4. The molecule has 9 nitrogen and oxygen atoms in total. The molecule has 1 heterocycles. The summed E-state index contributed by atoms with van der Waals surface area (Å²) in [5.74, 6) is 0.785. The van der Waals surface area contributed by atoms with Crippen LogP contribution in [-0.4, -0.2) is 75.6 Å². The number of hydrogen-bond donors (Lipinski definition) is 2. The van der Waals surface area contributed by atoms with E-state index in [1.165, 1.54) is 23.5 Å². The summed E-state index contributed by atoms with van der Waals surface area (Å²) >= 11 is 0. The minimum absolute atomic E-state index is 0.136. The van der Waals surface area contributed by atoms with E-state index in [9.17, 15) is 18.3 Å². The average molecular weight is 547 g/mol. The summed E-state index contributed by atoms with van der Waals surface area (Å²) in [7, 11) is -2.38. The van der Waals surface area contributed by atoms with Crippen molar-refractivity contribution in [3.8, 4) is 5.75 Å². The molecule has 0 unspecified atom stereocenters. The van der Waals surface area contributed by atoms with Crippen LogP contribution in [-0.2, 0) is 25.9 Å². The molecular formula is C28H38N2O7S. The minimum Gasteiger partial charge on any atom is -0.497 e. The van der Waals surface area contributed by atoms with Gasteiger partial charge >= 0.3 is 6.09 Å². The van der Waals surface area contributed by atoms with Gasteiger partial charge in [-0.25, -0.2) is 13.2 Å². The van der Waals surface area contributed by atoms with Crippen LogP contribution in [0.3, 0.4) is 0 Å². The zero-order chi connectivity index (χ0) is 27.0. The van der Waals surface area contributed by atoms with Crippen LogP contribution in [0.4, 0.5) is 4.79 Å². The first-order valence-corrected chi connectivity index (χ1v) is 14.7. The predicted octanol–water partition coefficient (Wildman–Crippen LogP) is 3.36. The van der Waals surface area contributed by atoms with Crippen LogP contribution < -0.4 is 10.1 Å². The third kappa shape index (κ3) is 7.69. The molecule has 0 bridgehead atoms. The van der Waals surface area contributed by atoms with Crippen LogP contribution in [0.2, 0.25) is 0 Å². The molecule has 1 aliphatic heterocycles. The summed E-state index contributed by atoms with van der Waals surface area (Å²) in [6.45, 7) is 1.03. The number of benzene rings is 2. The topological polar surface area (TPSA) is 114 Å². The van der Waals surface area contributed by atoms with E-state index in [2.05, 4.69) is 5.32 Å². The number of hydrogen-bond acceptors (Lipinski definition) is 7. The molecule has 2 aromatic carbocycles. The van der Waals surface area contributed by atoms with Crippen molar-refractivity contribution < 1.29 is 32.5 Å². The molecule has 0 aromatic heterocycles. The number of nitrogens with one attached hydrogen (secondary N) is 1. The van der Waals surface area contributed by atoms with Gasteiger partial charge in [0.2, 0.25) is 10.0 Å². The van der Waals surface area contributed by atoms with E-state index in [4.69, 9.17) is 14.2 Å². The molecule has 2 fully saturated rings. The number of nitrogens with zero attached hydrogens (tertiary/aromatic N) is 1. The van der Waals surface area contributed by atoms with Gasteiger partial charge in [-0.15, -0.1) is 0 Å². The largest absolute Gasteiger partial charge is 0.497 e. The van der Waals surface area contributed by atoms with E-state index in [1.807, 2.05) is 30.3 Å². The smallest absolute Gasteiger partial charge is 0.407 e. The summed E-state index contributed by atoms with van der Waals surface area (Å²) < 4.78 is 44.8. The number of alkyl carbamates (subject to hydrolysis) is 1. The highest BCUT2D eigenvalue weighted by molar-refractivity contribution is 7.89. The molecule has 0 spiro atoms. The molecule has 10 heteroatoms. The Balaban J connectivity index is 1.54. The van der Waals surface area contributed by atoms with Gasteiger partial charge in [0.1, 0.15) is 11.9 Å². The maximum absolute atomic E-state index is 13.7. The number of carbonyl (C=O) groups is 1. The lowest BCUT2D eigenvalue weighted by Crippen LogP contribution is -2.51. The molecule has 1 saturated carbocycles. The Kier molecular flexibility index (Phi) is 10.0. The molecule has 0 radical (unpaired) electrons. The van der Waals surface area contributed by atoms with Crippen LogP contribution in [0.5, 0.6) is 5.75 Å². The Morgan fingerprint density at radius 1 is 1.11 bits per heavy atom. The number of methoxy groups -OCH3 is 1. The molecule has 2 aromatic rings. The van der Waals surface area contributed by atoms with E-state index in [1.54, 1.807) is 12.1 Å². The summed E-state index contributed by atoms with van der Waals surface area (Å²) in [5, 5.41) is 14.2. The molecule has 2 N–H and O–H groups in total. The molecule has 4 rings (SSSR count). The second-order valence-electron chi connectivity index (χ2n) is 10.0. The molecular weight excluding hydrogens is 508 g/mol. The lowest BCUT2D eigenvalue weighted by atomic mass is 10.0. The summed E-state index contributed by atoms with van der Waals surface area (Å²) in [4.78, 5) is 12.8. The molecule has 1 amide bonds. The first kappa shape index (κ1) is 28.4. The number of rotatable bonds is 12. The van der Waals surface area contributed by atoms with E-state index in [0.717, 1.165) is 31.2 Å². The number of sulfonamides is 1. The highest BCUT2D eigenvalue weighted by Gasteiger charge is 2.34. The van der Waals surface area contributed by atoms with Crippen LogP contribution >= 0.6 is 0 Å². The number of aliphatic hydroxyl groups is 1. The van der Waals surface area contributed by atoms with E-state index in [0.29, 0.717) is 38.3 Å². The van der Waals surface area contributed by atoms with Crippen LogP contribution in [0.25, 0.3) is 0 Å². The lowest BCUT2D eigenvalue weighted by molar-refractivity contribution is 0.0641. The van der Waals surface area contributed by atoms with Crippen molar-refractivity contribution in [1.82, 2.24) is 9.62 Å². The number of carbonyl (C=O) groups excluding carboxylic acids is 1. The minimum atomic E-state index is -3.90. The van der Waals surface area contributed by atoms with Crippen molar-refractivity contribution in [2.45, 2.75) is 61.7 Å². The number of ether oxygens (including phenoxy) is 3. The van der Waals surface area contributed by atoms with Crippen molar-refractivity contribution in [3.63, 3.8) is 0 Å². The van der Waals surface area contributed by atoms with Gasteiger partial charge in [-0.05, 0) is 55.0 Å².